The largest absolute Gasteiger partial charge is 0.394 e. The van der Waals surface area contributed by atoms with E-state index < -0.39 is 6.10 Å². The second kappa shape index (κ2) is 8.53. The maximum atomic E-state index is 9.26. The number of benzene rings is 1. The van der Waals surface area contributed by atoms with Crippen molar-refractivity contribution in [1.29, 1.82) is 0 Å². The molecule has 0 bridgehead atoms. The summed E-state index contributed by atoms with van der Waals surface area (Å²) in [6, 6.07) is 8.31. The normalized spacial score (nSPS) is 12.9. The van der Waals surface area contributed by atoms with Crippen molar-refractivity contribution >= 4 is 11.8 Å². The Hall–Kier alpha value is -0.550. The fraction of sp³-hybridized carbons (Fsp3) is 0.571. The van der Waals surface area contributed by atoms with Crippen molar-refractivity contribution in [2.45, 2.75) is 31.4 Å². The van der Waals surface area contributed by atoms with Gasteiger partial charge in [-0.15, -0.1) is 11.8 Å². The average molecular weight is 269 g/mol. The number of rotatable bonds is 8. The lowest BCUT2D eigenvalue weighted by atomic mass is 10.2. The van der Waals surface area contributed by atoms with E-state index in [1.54, 1.807) is 11.8 Å². The van der Waals surface area contributed by atoms with Gasteiger partial charge in [-0.3, -0.25) is 0 Å². The van der Waals surface area contributed by atoms with E-state index in [-0.39, 0.29) is 6.61 Å². The van der Waals surface area contributed by atoms with Crippen molar-refractivity contribution in [3.05, 3.63) is 29.8 Å². The van der Waals surface area contributed by atoms with Crippen LogP contribution in [0.15, 0.2) is 29.2 Å². The Morgan fingerprint density at radius 2 is 1.89 bits per heavy atom. The zero-order valence-corrected chi connectivity index (χ0v) is 11.9. The highest BCUT2D eigenvalue weighted by atomic mass is 32.2. The Morgan fingerprint density at radius 3 is 2.44 bits per heavy atom. The van der Waals surface area contributed by atoms with E-state index in [0.29, 0.717) is 11.7 Å². The molecule has 1 rings (SSSR count). The molecule has 3 N–H and O–H groups in total. The number of thioether (sulfide) groups is 1. The quantitative estimate of drug-likeness (QED) is 0.631. The molecule has 0 radical (unpaired) electrons. The SMILES string of the molecule is CC(C)CNCc1ccc(SCC(O)CO)cc1. The maximum Gasteiger partial charge on any atom is 0.0864 e. The monoisotopic (exact) mass is 269 g/mol. The Bertz CT molecular complexity index is 327. The average Bonchev–Trinajstić information content (AvgIpc) is 2.37. The molecule has 0 aliphatic carbocycles. The van der Waals surface area contributed by atoms with Crippen LogP contribution in [0, 0.1) is 5.92 Å². The Labute approximate surface area is 114 Å². The summed E-state index contributed by atoms with van der Waals surface area (Å²) in [4.78, 5) is 1.12. The van der Waals surface area contributed by atoms with Crippen LogP contribution in [0.3, 0.4) is 0 Å². The molecule has 3 nitrogen and oxygen atoms in total. The van der Waals surface area contributed by atoms with Gasteiger partial charge in [-0.05, 0) is 30.2 Å². The summed E-state index contributed by atoms with van der Waals surface area (Å²) in [6.07, 6.45) is -0.637. The molecule has 0 amide bonds. The molecule has 18 heavy (non-hydrogen) atoms. The van der Waals surface area contributed by atoms with E-state index in [1.165, 1.54) is 5.56 Å². The molecular formula is C14H23NO2S. The Balaban J connectivity index is 2.33. The van der Waals surface area contributed by atoms with E-state index in [0.717, 1.165) is 18.0 Å². The van der Waals surface area contributed by atoms with Crippen molar-refractivity contribution in [2.24, 2.45) is 5.92 Å². The molecule has 1 aromatic rings. The molecule has 0 aliphatic heterocycles. The third-order valence-electron chi connectivity index (χ3n) is 2.46. The first kappa shape index (κ1) is 15.5. The molecule has 0 saturated carbocycles. The van der Waals surface area contributed by atoms with Gasteiger partial charge in [-0.1, -0.05) is 26.0 Å². The third kappa shape index (κ3) is 6.40. The Kier molecular flexibility index (Phi) is 7.35. The van der Waals surface area contributed by atoms with Crippen LogP contribution in [0.1, 0.15) is 19.4 Å². The summed E-state index contributed by atoms with van der Waals surface area (Å²) in [5, 5.41) is 21.4. The van der Waals surface area contributed by atoms with Gasteiger partial charge in [-0.2, -0.15) is 0 Å². The van der Waals surface area contributed by atoms with Gasteiger partial charge in [0.15, 0.2) is 0 Å². The summed E-state index contributed by atoms with van der Waals surface area (Å²) >= 11 is 1.56. The van der Waals surface area contributed by atoms with Gasteiger partial charge in [0.05, 0.1) is 12.7 Å². The summed E-state index contributed by atoms with van der Waals surface area (Å²) in [5.41, 5.74) is 1.27. The van der Waals surface area contributed by atoms with E-state index >= 15 is 0 Å². The molecule has 0 aromatic heterocycles. The predicted octanol–water partition coefficient (Wildman–Crippen LogP) is 1.88. The predicted molar refractivity (Wildman–Crippen MR) is 76.8 cm³/mol. The molecule has 1 atom stereocenters. The first-order valence-corrected chi connectivity index (χ1v) is 7.31. The van der Waals surface area contributed by atoms with Crippen molar-refractivity contribution in [2.75, 3.05) is 18.9 Å². The number of hydrogen-bond donors (Lipinski definition) is 3. The molecule has 4 heteroatoms. The highest BCUT2D eigenvalue weighted by Crippen LogP contribution is 2.19. The minimum absolute atomic E-state index is 0.176. The van der Waals surface area contributed by atoms with Gasteiger partial charge < -0.3 is 15.5 Å². The van der Waals surface area contributed by atoms with Crippen molar-refractivity contribution < 1.29 is 10.2 Å². The molecule has 0 aliphatic rings. The lowest BCUT2D eigenvalue weighted by Gasteiger charge is -2.09. The van der Waals surface area contributed by atoms with Crippen LogP contribution in [0.2, 0.25) is 0 Å². The summed E-state index contributed by atoms with van der Waals surface area (Å²) in [6.45, 7) is 6.13. The number of hydrogen-bond acceptors (Lipinski definition) is 4. The lowest BCUT2D eigenvalue weighted by Crippen LogP contribution is -2.18. The fourth-order valence-electron chi connectivity index (χ4n) is 1.45. The summed E-state index contributed by atoms with van der Waals surface area (Å²) in [5.74, 6) is 1.20. The zero-order chi connectivity index (χ0) is 13.4. The second-order valence-electron chi connectivity index (χ2n) is 4.82. The molecule has 0 heterocycles. The highest BCUT2D eigenvalue weighted by Gasteiger charge is 2.03. The van der Waals surface area contributed by atoms with Crippen molar-refractivity contribution in [3.8, 4) is 0 Å². The van der Waals surface area contributed by atoms with Gasteiger partial charge in [0.2, 0.25) is 0 Å². The molecule has 0 spiro atoms. The first-order chi connectivity index (χ1) is 8.61. The standard InChI is InChI=1S/C14H23NO2S/c1-11(2)7-15-8-12-3-5-14(6-4-12)18-10-13(17)9-16/h3-6,11,13,15-17H,7-10H2,1-2H3. The van der Waals surface area contributed by atoms with Gasteiger partial charge in [0, 0.05) is 17.2 Å². The highest BCUT2D eigenvalue weighted by molar-refractivity contribution is 7.99. The van der Waals surface area contributed by atoms with Gasteiger partial charge in [0.1, 0.15) is 0 Å². The van der Waals surface area contributed by atoms with Crippen LogP contribution in [0.5, 0.6) is 0 Å². The van der Waals surface area contributed by atoms with Crippen LogP contribution in [-0.2, 0) is 6.54 Å². The molecule has 0 saturated heterocycles. The topological polar surface area (TPSA) is 52.5 Å². The zero-order valence-electron chi connectivity index (χ0n) is 11.1. The summed E-state index contributed by atoms with van der Waals surface area (Å²) < 4.78 is 0. The molecule has 102 valence electrons. The molecule has 0 fully saturated rings. The Morgan fingerprint density at radius 1 is 1.22 bits per heavy atom. The van der Waals surface area contributed by atoms with E-state index in [1.807, 2.05) is 0 Å². The molecular weight excluding hydrogens is 246 g/mol. The number of nitrogens with one attached hydrogen (secondary N) is 1. The van der Waals surface area contributed by atoms with Crippen LogP contribution in [0.25, 0.3) is 0 Å². The van der Waals surface area contributed by atoms with Gasteiger partial charge in [-0.25, -0.2) is 0 Å². The smallest absolute Gasteiger partial charge is 0.0864 e. The van der Waals surface area contributed by atoms with E-state index in [9.17, 15) is 5.11 Å². The van der Waals surface area contributed by atoms with Crippen molar-refractivity contribution in [3.63, 3.8) is 0 Å². The minimum atomic E-state index is -0.637. The molecule has 1 aromatic carbocycles. The minimum Gasteiger partial charge on any atom is -0.394 e. The third-order valence-corrected chi connectivity index (χ3v) is 3.62. The fourth-order valence-corrected chi connectivity index (χ4v) is 2.27. The van der Waals surface area contributed by atoms with Gasteiger partial charge in [0.25, 0.3) is 0 Å². The summed E-state index contributed by atoms with van der Waals surface area (Å²) in [7, 11) is 0. The number of aliphatic hydroxyl groups excluding tert-OH is 2. The first-order valence-electron chi connectivity index (χ1n) is 6.33. The second-order valence-corrected chi connectivity index (χ2v) is 5.91. The number of aliphatic hydroxyl groups is 2. The van der Waals surface area contributed by atoms with Crippen LogP contribution >= 0.6 is 11.8 Å². The maximum absolute atomic E-state index is 9.26. The van der Waals surface area contributed by atoms with E-state index in [2.05, 4.69) is 43.4 Å². The van der Waals surface area contributed by atoms with Crippen LogP contribution in [-0.4, -0.2) is 35.2 Å². The van der Waals surface area contributed by atoms with Crippen LogP contribution in [0.4, 0.5) is 0 Å². The molecule has 1 unspecified atom stereocenters. The lowest BCUT2D eigenvalue weighted by molar-refractivity contribution is 0.113. The van der Waals surface area contributed by atoms with Crippen molar-refractivity contribution in [1.82, 2.24) is 5.32 Å². The van der Waals surface area contributed by atoms with E-state index in [4.69, 9.17) is 5.11 Å². The van der Waals surface area contributed by atoms with Gasteiger partial charge >= 0.3 is 0 Å². The van der Waals surface area contributed by atoms with Crippen LogP contribution < -0.4 is 5.32 Å².